The Balaban J connectivity index is 1.43. The summed E-state index contributed by atoms with van der Waals surface area (Å²) in [6.07, 6.45) is 1.77. The first-order valence-corrected chi connectivity index (χ1v) is 11.5. The van der Waals surface area contributed by atoms with E-state index in [0.29, 0.717) is 11.6 Å². The minimum atomic E-state index is -0.186. The highest BCUT2D eigenvalue weighted by Gasteiger charge is 2.18. The SMILES string of the molecule is Cc1cccc(C)c1OCCCCn1c(C(C)Oc2ccc(Cl)cc2)nc2ccccc21. The fourth-order valence-electron chi connectivity index (χ4n) is 3.98. The molecule has 0 fully saturated rings. The molecule has 0 aliphatic carbocycles. The van der Waals surface area contributed by atoms with E-state index in [1.165, 1.54) is 11.1 Å². The van der Waals surface area contributed by atoms with Gasteiger partial charge in [0.25, 0.3) is 0 Å². The summed E-state index contributed by atoms with van der Waals surface area (Å²) in [7, 11) is 0. The number of benzene rings is 3. The second kappa shape index (κ2) is 10.1. The monoisotopic (exact) mass is 448 g/mol. The van der Waals surface area contributed by atoms with Gasteiger partial charge in [0.1, 0.15) is 11.5 Å². The van der Waals surface area contributed by atoms with Gasteiger partial charge in [0.15, 0.2) is 11.9 Å². The molecule has 0 saturated heterocycles. The van der Waals surface area contributed by atoms with E-state index in [1.807, 2.05) is 37.3 Å². The van der Waals surface area contributed by atoms with Crippen LogP contribution in [0.25, 0.3) is 11.0 Å². The number of hydrogen-bond acceptors (Lipinski definition) is 3. The van der Waals surface area contributed by atoms with Crippen molar-refractivity contribution in [1.29, 1.82) is 0 Å². The molecule has 0 bridgehead atoms. The molecule has 0 N–H and O–H groups in total. The number of rotatable bonds is 9. The Bertz CT molecular complexity index is 1160. The van der Waals surface area contributed by atoms with E-state index in [9.17, 15) is 0 Å². The summed E-state index contributed by atoms with van der Waals surface area (Å²) in [4.78, 5) is 4.88. The number of halogens is 1. The van der Waals surface area contributed by atoms with Crippen molar-refractivity contribution in [2.45, 2.75) is 46.3 Å². The molecule has 0 aliphatic rings. The summed E-state index contributed by atoms with van der Waals surface area (Å²) in [5, 5.41) is 0.695. The third-order valence-corrected chi connectivity index (χ3v) is 5.86. The summed E-state index contributed by atoms with van der Waals surface area (Å²) in [5.41, 5.74) is 4.48. The molecule has 0 radical (unpaired) electrons. The zero-order chi connectivity index (χ0) is 22.5. The molecule has 0 spiro atoms. The van der Waals surface area contributed by atoms with Gasteiger partial charge in [0.05, 0.1) is 17.6 Å². The topological polar surface area (TPSA) is 36.3 Å². The average molecular weight is 449 g/mol. The Morgan fingerprint density at radius 2 is 1.62 bits per heavy atom. The van der Waals surface area contributed by atoms with Crippen LogP contribution in [0.3, 0.4) is 0 Å². The minimum Gasteiger partial charge on any atom is -0.493 e. The number of nitrogens with zero attached hydrogens (tertiary/aromatic N) is 2. The van der Waals surface area contributed by atoms with E-state index in [4.69, 9.17) is 26.1 Å². The zero-order valence-electron chi connectivity index (χ0n) is 18.8. The molecular weight excluding hydrogens is 420 g/mol. The zero-order valence-corrected chi connectivity index (χ0v) is 19.6. The van der Waals surface area contributed by atoms with Gasteiger partial charge in [-0.3, -0.25) is 0 Å². The van der Waals surface area contributed by atoms with Gasteiger partial charge in [-0.15, -0.1) is 0 Å². The van der Waals surface area contributed by atoms with Crippen molar-refractivity contribution >= 4 is 22.6 Å². The highest BCUT2D eigenvalue weighted by molar-refractivity contribution is 6.30. The van der Waals surface area contributed by atoms with Crippen LogP contribution >= 0.6 is 11.6 Å². The molecule has 5 heteroatoms. The van der Waals surface area contributed by atoms with E-state index in [2.05, 4.69) is 54.8 Å². The van der Waals surface area contributed by atoms with Crippen molar-refractivity contribution in [2.75, 3.05) is 6.61 Å². The number of para-hydroxylation sites is 3. The van der Waals surface area contributed by atoms with Crippen molar-refractivity contribution in [3.05, 3.63) is 88.7 Å². The lowest BCUT2D eigenvalue weighted by Gasteiger charge is -2.17. The highest BCUT2D eigenvalue weighted by Crippen LogP contribution is 2.27. The maximum atomic E-state index is 6.17. The van der Waals surface area contributed by atoms with Crippen molar-refractivity contribution in [3.8, 4) is 11.5 Å². The molecule has 0 aliphatic heterocycles. The molecule has 0 amide bonds. The van der Waals surface area contributed by atoms with Crippen LogP contribution in [-0.2, 0) is 6.54 Å². The predicted octanol–water partition coefficient (Wildman–Crippen LogP) is 7.31. The predicted molar refractivity (Wildman–Crippen MR) is 131 cm³/mol. The average Bonchev–Trinajstić information content (AvgIpc) is 3.16. The normalized spacial score (nSPS) is 12.1. The lowest BCUT2D eigenvalue weighted by atomic mass is 10.1. The molecule has 166 valence electrons. The third-order valence-electron chi connectivity index (χ3n) is 5.61. The second-order valence-electron chi connectivity index (χ2n) is 8.10. The molecule has 1 atom stereocenters. The number of aromatic nitrogens is 2. The second-order valence-corrected chi connectivity index (χ2v) is 8.54. The van der Waals surface area contributed by atoms with Crippen LogP contribution in [0.4, 0.5) is 0 Å². The largest absolute Gasteiger partial charge is 0.493 e. The van der Waals surface area contributed by atoms with Gasteiger partial charge >= 0.3 is 0 Å². The maximum absolute atomic E-state index is 6.17. The molecule has 4 aromatic rings. The van der Waals surface area contributed by atoms with E-state index in [-0.39, 0.29) is 6.10 Å². The summed E-state index contributed by atoms with van der Waals surface area (Å²) in [6.45, 7) is 7.78. The smallest absolute Gasteiger partial charge is 0.153 e. The number of unbranched alkanes of at least 4 members (excludes halogenated alkanes) is 1. The molecule has 32 heavy (non-hydrogen) atoms. The van der Waals surface area contributed by atoms with E-state index in [1.54, 1.807) is 0 Å². The molecule has 4 nitrogen and oxygen atoms in total. The van der Waals surface area contributed by atoms with Gasteiger partial charge in [-0.25, -0.2) is 4.98 Å². The van der Waals surface area contributed by atoms with E-state index in [0.717, 1.165) is 47.7 Å². The molecule has 3 aromatic carbocycles. The standard InChI is InChI=1S/C27H29ClN2O2/c1-19-9-8-10-20(2)26(19)31-18-7-6-17-30-25-12-5-4-11-24(25)29-27(30)21(3)32-23-15-13-22(28)14-16-23/h4-5,8-16,21H,6-7,17-18H2,1-3H3. The van der Waals surface area contributed by atoms with Gasteiger partial charge in [0, 0.05) is 11.6 Å². The van der Waals surface area contributed by atoms with E-state index >= 15 is 0 Å². The third kappa shape index (κ3) is 5.08. The first-order chi connectivity index (χ1) is 15.5. The van der Waals surface area contributed by atoms with Crippen LogP contribution in [0, 0.1) is 13.8 Å². The van der Waals surface area contributed by atoms with Crippen LogP contribution in [0.5, 0.6) is 11.5 Å². The van der Waals surface area contributed by atoms with Crippen molar-refractivity contribution in [2.24, 2.45) is 0 Å². The quantitative estimate of drug-likeness (QED) is 0.252. The number of aryl methyl sites for hydroxylation is 3. The molecule has 1 unspecified atom stereocenters. The molecule has 1 heterocycles. The van der Waals surface area contributed by atoms with Crippen molar-refractivity contribution < 1.29 is 9.47 Å². The molecule has 0 saturated carbocycles. The molecule has 1 aromatic heterocycles. The Hall–Kier alpha value is -2.98. The number of fused-ring (bicyclic) bond motifs is 1. The molecule has 4 rings (SSSR count). The lowest BCUT2D eigenvalue weighted by Crippen LogP contribution is -2.13. The Labute approximate surface area is 194 Å². The maximum Gasteiger partial charge on any atom is 0.153 e. The van der Waals surface area contributed by atoms with Crippen LogP contribution < -0.4 is 9.47 Å². The van der Waals surface area contributed by atoms with Gasteiger partial charge in [0.2, 0.25) is 0 Å². The highest BCUT2D eigenvalue weighted by atomic mass is 35.5. The van der Waals surface area contributed by atoms with Crippen LogP contribution in [0.2, 0.25) is 5.02 Å². The minimum absolute atomic E-state index is 0.186. The summed E-state index contributed by atoms with van der Waals surface area (Å²) >= 11 is 6.00. The van der Waals surface area contributed by atoms with Gasteiger partial charge < -0.3 is 14.0 Å². The number of ether oxygens (including phenoxy) is 2. The Morgan fingerprint density at radius 3 is 2.38 bits per heavy atom. The number of imidazole rings is 1. The summed E-state index contributed by atoms with van der Waals surface area (Å²) < 4.78 is 14.5. The van der Waals surface area contributed by atoms with Gasteiger partial charge in [-0.2, -0.15) is 0 Å². The van der Waals surface area contributed by atoms with Crippen molar-refractivity contribution in [3.63, 3.8) is 0 Å². The van der Waals surface area contributed by atoms with Gasteiger partial charge in [-0.1, -0.05) is 41.9 Å². The summed E-state index contributed by atoms with van der Waals surface area (Å²) in [6, 6.07) is 21.9. The van der Waals surface area contributed by atoms with Crippen LogP contribution in [0.1, 0.15) is 42.8 Å². The van der Waals surface area contributed by atoms with Crippen LogP contribution in [0.15, 0.2) is 66.7 Å². The first-order valence-electron chi connectivity index (χ1n) is 11.1. The number of hydrogen-bond donors (Lipinski definition) is 0. The first kappa shape index (κ1) is 22.2. The lowest BCUT2D eigenvalue weighted by molar-refractivity contribution is 0.211. The molecular formula is C27H29ClN2O2. The van der Waals surface area contributed by atoms with E-state index < -0.39 is 0 Å². The van der Waals surface area contributed by atoms with Crippen molar-refractivity contribution in [1.82, 2.24) is 9.55 Å². The fraction of sp³-hybridized carbons (Fsp3) is 0.296. The van der Waals surface area contributed by atoms with Crippen LogP contribution in [-0.4, -0.2) is 16.2 Å². The fourth-order valence-corrected chi connectivity index (χ4v) is 4.11. The summed E-state index contributed by atoms with van der Waals surface area (Å²) in [5.74, 6) is 2.71. The Kier molecular flexibility index (Phi) is 7.01. The Morgan fingerprint density at radius 1 is 0.906 bits per heavy atom. The van der Waals surface area contributed by atoms with Gasteiger partial charge in [-0.05, 0) is 81.1 Å².